The molecule has 0 fully saturated rings. The van der Waals surface area contributed by atoms with E-state index in [4.69, 9.17) is 15.2 Å². The van der Waals surface area contributed by atoms with Crippen LogP contribution in [0.25, 0.3) is 0 Å². The molecule has 1 atom stereocenters. The van der Waals surface area contributed by atoms with E-state index in [0.717, 1.165) is 6.42 Å². The van der Waals surface area contributed by atoms with Gasteiger partial charge in [0.25, 0.3) is 5.91 Å². The zero-order valence-electron chi connectivity index (χ0n) is 11.1. The Kier molecular flexibility index (Phi) is 4.63. The van der Waals surface area contributed by atoms with E-state index in [2.05, 4.69) is 12.2 Å². The molecule has 0 radical (unpaired) electrons. The number of nitrogens with one attached hydrogen (secondary N) is 1. The molecule has 1 aliphatic heterocycles. The van der Waals surface area contributed by atoms with Crippen molar-refractivity contribution in [1.29, 1.82) is 0 Å². The van der Waals surface area contributed by atoms with Gasteiger partial charge in [0.2, 0.25) is 0 Å². The first-order chi connectivity index (χ1) is 9.22. The summed E-state index contributed by atoms with van der Waals surface area (Å²) in [5.41, 5.74) is 6.01. The van der Waals surface area contributed by atoms with Crippen LogP contribution in [0.4, 0.5) is 0 Å². The number of hydrogen-bond donors (Lipinski definition) is 2. The summed E-state index contributed by atoms with van der Waals surface area (Å²) >= 11 is 0. The maximum atomic E-state index is 12.1. The first-order valence-corrected chi connectivity index (χ1v) is 6.59. The molecule has 2 rings (SSSR count). The number of ether oxygens (including phenoxy) is 2. The Bertz CT molecular complexity index is 448. The summed E-state index contributed by atoms with van der Waals surface area (Å²) in [6.07, 6.45) is 0.896. The Balaban J connectivity index is 2.03. The largest absolute Gasteiger partial charge is 0.486 e. The van der Waals surface area contributed by atoms with Gasteiger partial charge in [-0.15, -0.1) is 0 Å². The van der Waals surface area contributed by atoms with Crippen molar-refractivity contribution in [3.05, 3.63) is 23.8 Å². The van der Waals surface area contributed by atoms with Gasteiger partial charge in [0.1, 0.15) is 13.2 Å². The molecule has 0 bridgehead atoms. The topological polar surface area (TPSA) is 73.6 Å². The number of fused-ring (bicyclic) bond motifs is 1. The summed E-state index contributed by atoms with van der Waals surface area (Å²) in [5, 5.41) is 2.90. The molecule has 1 unspecified atom stereocenters. The van der Waals surface area contributed by atoms with E-state index >= 15 is 0 Å². The van der Waals surface area contributed by atoms with E-state index in [9.17, 15) is 4.79 Å². The van der Waals surface area contributed by atoms with E-state index < -0.39 is 0 Å². The first kappa shape index (κ1) is 13.7. The lowest BCUT2D eigenvalue weighted by Gasteiger charge is -2.21. The van der Waals surface area contributed by atoms with Crippen LogP contribution in [-0.4, -0.2) is 32.2 Å². The van der Waals surface area contributed by atoms with Gasteiger partial charge in [0.15, 0.2) is 11.5 Å². The van der Waals surface area contributed by atoms with Crippen LogP contribution >= 0.6 is 0 Å². The average molecular weight is 264 g/mol. The van der Waals surface area contributed by atoms with E-state index in [-0.39, 0.29) is 5.91 Å². The number of para-hydroxylation sites is 1. The maximum absolute atomic E-state index is 12.1. The molecule has 1 aliphatic rings. The second kappa shape index (κ2) is 6.43. The minimum atomic E-state index is -0.133. The lowest BCUT2D eigenvalue weighted by Crippen LogP contribution is -2.30. The summed E-state index contributed by atoms with van der Waals surface area (Å²) in [6.45, 7) is 4.30. The van der Waals surface area contributed by atoms with E-state index in [1.807, 2.05) is 6.07 Å². The fraction of sp³-hybridized carbons (Fsp3) is 0.500. The second-order valence-corrected chi connectivity index (χ2v) is 4.72. The molecular formula is C14H20N2O3. The number of carbonyl (C=O) groups excluding carboxylic acids is 1. The first-order valence-electron chi connectivity index (χ1n) is 6.59. The highest BCUT2D eigenvalue weighted by Gasteiger charge is 2.20. The molecule has 104 valence electrons. The molecule has 1 amide bonds. The molecule has 1 heterocycles. The van der Waals surface area contributed by atoms with E-state index in [0.29, 0.717) is 49.3 Å². The fourth-order valence-corrected chi connectivity index (χ4v) is 2.00. The average Bonchev–Trinajstić information content (AvgIpc) is 2.44. The highest BCUT2D eigenvalue weighted by atomic mass is 16.6. The monoisotopic (exact) mass is 264 g/mol. The van der Waals surface area contributed by atoms with Crippen molar-refractivity contribution in [3.8, 4) is 11.5 Å². The van der Waals surface area contributed by atoms with Gasteiger partial charge in [-0.05, 0) is 31.0 Å². The van der Waals surface area contributed by atoms with Crippen molar-refractivity contribution < 1.29 is 14.3 Å². The number of hydrogen-bond acceptors (Lipinski definition) is 4. The van der Waals surface area contributed by atoms with E-state index in [1.54, 1.807) is 12.1 Å². The van der Waals surface area contributed by atoms with Crippen LogP contribution in [0.3, 0.4) is 0 Å². The van der Waals surface area contributed by atoms with Crippen molar-refractivity contribution in [3.63, 3.8) is 0 Å². The molecular weight excluding hydrogens is 244 g/mol. The number of nitrogens with two attached hydrogens (primary N) is 1. The minimum Gasteiger partial charge on any atom is -0.486 e. The molecule has 3 N–H and O–H groups in total. The third-order valence-corrected chi connectivity index (χ3v) is 3.08. The summed E-state index contributed by atoms with van der Waals surface area (Å²) in [5.74, 6) is 1.41. The standard InChI is InChI=1S/C14H20N2O3/c1-10(5-6-15)9-16-14(17)11-3-2-4-12-13(11)19-8-7-18-12/h2-4,10H,5-9,15H2,1H3,(H,16,17). The van der Waals surface area contributed by atoms with Crippen LogP contribution in [0.15, 0.2) is 18.2 Å². The van der Waals surface area contributed by atoms with Gasteiger partial charge in [-0.25, -0.2) is 0 Å². The molecule has 0 aliphatic carbocycles. The van der Waals surface area contributed by atoms with Crippen LogP contribution in [-0.2, 0) is 0 Å². The molecule has 5 heteroatoms. The molecule has 1 aromatic rings. The van der Waals surface area contributed by atoms with Gasteiger partial charge in [-0.3, -0.25) is 4.79 Å². The Hall–Kier alpha value is -1.75. The molecule has 0 saturated heterocycles. The van der Waals surface area contributed by atoms with Gasteiger partial charge in [-0.1, -0.05) is 13.0 Å². The summed E-state index contributed by atoms with van der Waals surface area (Å²) < 4.78 is 11.0. The Morgan fingerprint density at radius 3 is 3.00 bits per heavy atom. The van der Waals surface area contributed by atoms with Gasteiger partial charge in [0.05, 0.1) is 5.56 Å². The normalized spacial score (nSPS) is 14.8. The zero-order chi connectivity index (χ0) is 13.7. The van der Waals surface area contributed by atoms with Gasteiger partial charge >= 0.3 is 0 Å². The van der Waals surface area contributed by atoms with Crippen LogP contribution in [0.1, 0.15) is 23.7 Å². The molecule has 19 heavy (non-hydrogen) atoms. The Labute approximate surface area is 113 Å². The van der Waals surface area contributed by atoms with Crippen molar-refractivity contribution >= 4 is 5.91 Å². The number of rotatable bonds is 5. The second-order valence-electron chi connectivity index (χ2n) is 4.72. The van der Waals surface area contributed by atoms with Crippen molar-refractivity contribution in [2.24, 2.45) is 11.7 Å². The summed E-state index contributed by atoms with van der Waals surface area (Å²) in [6, 6.07) is 5.35. The highest BCUT2D eigenvalue weighted by molar-refractivity contribution is 5.97. The van der Waals surface area contributed by atoms with Gasteiger partial charge in [0, 0.05) is 6.54 Å². The van der Waals surface area contributed by atoms with Gasteiger partial charge < -0.3 is 20.5 Å². The van der Waals surface area contributed by atoms with Crippen molar-refractivity contribution in [1.82, 2.24) is 5.32 Å². The lowest BCUT2D eigenvalue weighted by molar-refractivity contribution is 0.0936. The lowest BCUT2D eigenvalue weighted by atomic mass is 10.1. The third kappa shape index (κ3) is 3.38. The fourth-order valence-electron chi connectivity index (χ4n) is 2.00. The van der Waals surface area contributed by atoms with Crippen molar-refractivity contribution in [2.45, 2.75) is 13.3 Å². The number of carbonyl (C=O) groups is 1. The summed E-state index contributed by atoms with van der Waals surface area (Å²) in [7, 11) is 0. The third-order valence-electron chi connectivity index (χ3n) is 3.08. The Morgan fingerprint density at radius 1 is 1.42 bits per heavy atom. The highest BCUT2D eigenvalue weighted by Crippen LogP contribution is 2.33. The SMILES string of the molecule is CC(CCN)CNC(=O)c1cccc2c1OCCO2. The number of amides is 1. The molecule has 5 nitrogen and oxygen atoms in total. The quantitative estimate of drug-likeness (QED) is 0.837. The van der Waals surface area contributed by atoms with Crippen molar-refractivity contribution in [2.75, 3.05) is 26.3 Å². The predicted molar refractivity (Wildman–Crippen MR) is 72.6 cm³/mol. The van der Waals surface area contributed by atoms with Gasteiger partial charge in [-0.2, -0.15) is 0 Å². The maximum Gasteiger partial charge on any atom is 0.255 e. The zero-order valence-corrected chi connectivity index (χ0v) is 11.1. The minimum absolute atomic E-state index is 0.133. The number of benzene rings is 1. The molecule has 0 aromatic heterocycles. The molecule has 1 aromatic carbocycles. The van der Waals surface area contributed by atoms with Crippen LogP contribution in [0, 0.1) is 5.92 Å². The van der Waals surface area contributed by atoms with Crippen LogP contribution in [0.5, 0.6) is 11.5 Å². The van der Waals surface area contributed by atoms with E-state index in [1.165, 1.54) is 0 Å². The molecule has 0 spiro atoms. The Morgan fingerprint density at radius 2 is 2.21 bits per heavy atom. The van der Waals surface area contributed by atoms with Crippen LogP contribution < -0.4 is 20.5 Å². The smallest absolute Gasteiger partial charge is 0.255 e. The summed E-state index contributed by atoms with van der Waals surface area (Å²) in [4.78, 5) is 12.1. The predicted octanol–water partition coefficient (Wildman–Crippen LogP) is 1.17. The van der Waals surface area contributed by atoms with Crippen LogP contribution in [0.2, 0.25) is 0 Å². The molecule has 0 saturated carbocycles.